The monoisotopic (exact) mass is 409 g/mol. The first-order chi connectivity index (χ1) is 12.6. The van der Waals surface area contributed by atoms with E-state index in [2.05, 4.69) is 43.8 Å². The van der Waals surface area contributed by atoms with Crippen LogP contribution < -0.4 is 10.9 Å². The van der Waals surface area contributed by atoms with E-state index in [4.69, 9.17) is 16.3 Å². The fourth-order valence-corrected chi connectivity index (χ4v) is 4.71. The smallest absolute Gasteiger partial charge is 0.272 e. The van der Waals surface area contributed by atoms with Gasteiger partial charge in [-0.1, -0.05) is 31.2 Å². The summed E-state index contributed by atoms with van der Waals surface area (Å²) in [6, 6.07) is 3.25. The minimum Gasteiger partial charge on any atom is -0.361 e. The van der Waals surface area contributed by atoms with Gasteiger partial charge in [0.2, 0.25) is 0 Å². The first kappa shape index (κ1) is 20.6. The number of ether oxygens (including phenoxy) is 1. The molecule has 5 nitrogen and oxygen atoms in total. The Hall–Kier alpha value is -1.08. The van der Waals surface area contributed by atoms with Gasteiger partial charge in [0.25, 0.3) is 5.56 Å². The van der Waals surface area contributed by atoms with Crippen molar-refractivity contribution < 1.29 is 4.74 Å². The van der Waals surface area contributed by atoms with E-state index in [0.29, 0.717) is 23.9 Å². The zero-order valence-electron chi connectivity index (χ0n) is 17.1. The van der Waals surface area contributed by atoms with Crippen molar-refractivity contribution in [3.8, 4) is 0 Å². The minimum absolute atomic E-state index is 0.110. The van der Waals surface area contributed by atoms with Gasteiger partial charge in [-0.25, -0.2) is 0 Å². The van der Waals surface area contributed by atoms with Crippen LogP contribution in [0, 0.1) is 0 Å². The van der Waals surface area contributed by atoms with Crippen LogP contribution >= 0.6 is 11.6 Å². The van der Waals surface area contributed by atoms with E-state index in [1.165, 1.54) is 19.3 Å². The van der Waals surface area contributed by atoms with Gasteiger partial charge in [-0.15, -0.1) is 0 Å². The molecule has 0 spiro atoms. The zero-order valence-corrected chi connectivity index (χ0v) is 18.9. The van der Waals surface area contributed by atoms with E-state index in [1.54, 1.807) is 6.20 Å². The van der Waals surface area contributed by atoms with Crippen LogP contribution in [-0.2, 0) is 11.5 Å². The summed E-state index contributed by atoms with van der Waals surface area (Å²) in [6.45, 7) is 12.5. The number of hydrogen-bond donors (Lipinski definition) is 2. The van der Waals surface area contributed by atoms with Crippen LogP contribution in [0.3, 0.4) is 0 Å². The van der Waals surface area contributed by atoms with Crippen LogP contribution in [0.25, 0.3) is 10.9 Å². The average molecular weight is 410 g/mol. The molecule has 0 bridgehead atoms. The number of aromatic nitrogens is 2. The largest absolute Gasteiger partial charge is 0.361 e. The van der Waals surface area contributed by atoms with Gasteiger partial charge in [-0.3, -0.25) is 4.79 Å². The highest BCUT2D eigenvalue weighted by atomic mass is 35.5. The lowest BCUT2D eigenvalue weighted by molar-refractivity contribution is 0.0859. The topological polar surface area (TPSA) is 59.0 Å². The standard InChI is InChI=1S/C20H32ClN3O2Si/c1-14(23-20(2)7-6-8-20)17-11-15-16(21)12-22-19(25)18(15)24(17)13-26-9-10-27(3,4)5/h11-12,14,23H,6-10,13H2,1-5H3,(H,22,25). The molecule has 150 valence electrons. The van der Waals surface area contributed by atoms with Crippen LogP contribution in [0.1, 0.15) is 44.8 Å². The lowest BCUT2D eigenvalue weighted by Gasteiger charge is -2.41. The second-order valence-corrected chi connectivity index (χ2v) is 15.4. The molecule has 0 aromatic carbocycles. The molecule has 2 aromatic rings. The van der Waals surface area contributed by atoms with E-state index >= 15 is 0 Å². The molecule has 0 amide bonds. The van der Waals surface area contributed by atoms with Crippen molar-refractivity contribution in [2.75, 3.05) is 6.61 Å². The van der Waals surface area contributed by atoms with Crippen molar-refractivity contribution in [3.05, 3.63) is 33.3 Å². The number of nitrogens with one attached hydrogen (secondary N) is 2. The summed E-state index contributed by atoms with van der Waals surface area (Å²) in [4.78, 5) is 15.3. The molecule has 1 fully saturated rings. The Labute approximate surface area is 167 Å². The minimum atomic E-state index is -1.15. The number of aromatic amines is 1. The normalized spacial score (nSPS) is 17.9. The molecule has 2 heterocycles. The van der Waals surface area contributed by atoms with E-state index in [9.17, 15) is 4.79 Å². The highest BCUT2D eigenvalue weighted by Crippen LogP contribution is 2.35. The number of nitrogens with zero attached hydrogens (tertiary/aromatic N) is 1. The van der Waals surface area contributed by atoms with Crippen LogP contribution in [0.4, 0.5) is 0 Å². The third-order valence-corrected chi connectivity index (χ3v) is 7.63. The molecule has 2 aromatic heterocycles. The van der Waals surface area contributed by atoms with Gasteiger partial charge in [0.05, 0.1) is 5.02 Å². The Morgan fingerprint density at radius 3 is 2.70 bits per heavy atom. The van der Waals surface area contributed by atoms with E-state index in [0.717, 1.165) is 17.1 Å². The molecule has 0 radical (unpaired) electrons. The number of halogens is 1. The van der Waals surface area contributed by atoms with Gasteiger partial charge < -0.3 is 19.6 Å². The second-order valence-electron chi connectivity index (χ2n) is 9.35. The fourth-order valence-electron chi connectivity index (χ4n) is 3.75. The molecule has 27 heavy (non-hydrogen) atoms. The molecule has 7 heteroatoms. The maximum atomic E-state index is 12.5. The van der Waals surface area contributed by atoms with Crippen molar-refractivity contribution in [1.29, 1.82) is 0 Å². The Kier molecular flexibility index (Phi) is 5.92. The molecule has 3 rings (SSSR count). The number of rotatable bonds is 8. The molecule has 0 aliphatic heterocycles. The van der Waals surface area contributed by atoms with Crippen molar-refractivity contribution in [1.82, 2.24) is 14.9 Å². The molecule has 1 saturated carbocycles. The summed E-state index contributed by atoms with van der Waals surface area (Å²) in [7, 11) is -1.15. The predicted molar refractivity (Wildman–Crippen MR) is 115 cm³/mol. The van der Waals surface area contributed by atoms with Gasteiger partial charge in [0.1, 0.15) is 12.2 Å². The number of pyridine rings is 1. The van der Waals surface area contributed by atoms with Crippen molar-refractivity contribution in [2.45, 2.75) is 77.1 Å². The molecule has 0 saturated heterocycles. The van der Waals surface area contributed by atoms with Crippen molar-refractivity contribution in [3.63, 3.8) is 0 Å². The van der Waals surface area contributed by atoms with Gasteiger partial charge in [0.15, 0.2) is 0 Å². The number of hydrogen-bond acceptors (Lipinski definition) is 3. The lowest BCUT2D eigenvalue weighted by atomic mass is 9.78. The average Bonchev–Trinajstić information content (AvgIpc) is 2.93. The molecule has 1 aliphatic carbocycles. The van der Waals surface area contributed by atoms with Gasteiger partial charge in [-0.05, 0) is 45.2 Å². The molecule has 1 unspecified atom stereocenters. The number of H-pyrrole nitrogens is 1. The van der Waals surface area contributed by atoms with E-state index in [-0.39, 0.29) is 17.1 Å². The van der Waals surface area contributed by atoms with Crippen LogP contribution in [0.5, 0.6) is 0 Å². The lowest BCUT2D eigenvalue weighted by Crippen LogP contribution is -2.49. The molecular formula is C20H32ClN3O2Si. The SMILES string of the molecule is CC(NC1(C)CCC1)c1cc2c(Cl)c[nH]c(=O)c2n1COCC[Si](C)(C)C. The maximum Gasteiger partial charge on any atom is 0.272 e. The van der Waals surface area contributed by atoms with Gasteiger partial charge in [-0.2, -0.15) is 0 Å². The summed E-state index contributed by atoms with van der Waals surface area (Å²) >= 11 is 6.37. The van der Waals surface area contributed by atoms with Gasteiger partial charge in [0, 0.05) is 43.5 Å². The summed E-state index contributed by atoms with van der Waals surface area (Å²) in [5.74, 6) is 0. The Morgan fingerprint density at radius 1 is 1.41 bits per heavy atom. The first-order valence-corrected chi connectivity index (χ1v) is 13.9. The third-order valence-electron chi connectivity index (χ3n) is 5.61. The molecular weight excluding hydrogens is 378 g/mol. The van der Waals surface area contributed by atoms with Crippen LogP contribution in [0.15, 0.2) is 17.1 Å². The summed E-state index contributed by atoms with van der Waals surface area (Å²) in [6.07, 6.45) is 5.21. The zero-order chi connectivity index (χ0) is 19.8. The first-order valence-electron chi connectivity index (χ1n) is 9.85. The molecule has 1 aliphatic rings. The van der Waals surface area contributed by atoms with E-state index < -0.39 is 8.07 Å². The Balaban J connectivity index is 1.90. The number of fused-ring (bicyclic) bond motifs is 1. The highest BCUT2D eigenvalue weighted by molar-refractivity contribution is 6.76. The molecule has 1 atom stereocenters. The predicted octanol–water partition coefficient (Wildman–Crippen LogP) is 4.89. The summed E-state index contributed by atoms with van der Waals surface area (Å²) in [5, 5.41) is 5.09. The Bertz CT molecular complexity index is 864. The van der Waals surface area contributed by atoms with Gasteiger partial charge >= 0.3 is 0 Å². The van der Waals surface area contributed by atoms with Crippen LogP contribution in [0.2, 0.25) is 30.7 Å². The summed E-state index contributed by atoms with van der Waals surface area (Å²) in [5.41, 5.74) is 1.69. The van der Waals surface area contributed by atoms with Crippen LogP contribution in [-0.4, -0.2) is 29.8 Å². The fraction of sp³-hybridized carbons (Fsp3) is 0.650. The third kappa shape index (κ3) is 4.67. The molecule has 2 N–H and O–H groups in total. The van der Waals surface area contributed by atoms with Crippen molar-refractivity contribution >= 4 is 30.6 Å². The second kappa shape index (κ2) is 7.74. The van der Waals surface area contributed by atoms with E-state index in [1.807, 2.05) is 10.6 Å². The quantitative estimate of drug-likeness (QED) is 0.482. The Morgan fingerprint density at radius 2 is 2.11 bits per heavy atom. The van der Waals surface area contributed by atoms with Crippen molar-refractivity contribution in [2.24, 2.45) is 0 Å². The highest BCUT2D eigenvalue weighted by Gasteiger charge is 2.33. The summed E-state index contributed by atoms with van der Waals surface area (Å²) < 4.78 is 7.98. The maximum absolute atomic E-state index is 12.5.